The number of fused-ring (bicyclic) bond motifs is 4. The van der Waals surface area contributed by atoms with E-state index in [0.29, 0.717) is 33.8 Å². The van der Waals surface area contributed by atoms with Crippen LogP contribution >= 0.6 is 0 Å². The molecule has 0 saturated heterocycles. The number of benzene rings is 2. The molecule has 3 heterocycles. The molecule has 5 rings (SSSR count). The number of rotatable bonds is 6. The number of methoxy groups -OCH3 is 1. The van der Waals surface area contributed by atoms with Gasteiger partial charge in [-0.2, -0.15) is 4.98 Å². The van der Waals surface area contributed by atoms with Crippen molar-refractivity contribution < 1.29 is 13.9 Å². The summed E-state index contributed by atoms with van der Waals surface area (Å²) in [4.78, 5) is 38.9. The van der Waals surface area contributed by atoms with Crippen molar-refractivity contribution in [1.29, 1.82) is 0 Å². The summed E-state index contributed by atoms with van der Waals surface area (Å²) in [6, 6.07) is 11.4. The first kappa shape index (κ1) is 24.2. The van der Waals surface area contributed by atoms with Gasteiger partial charge in [-0.25, -0.2) is 13.8 Å². The lowest BCUT2D eigenvalue weighted by Crippen LogP contribution is -2.35. The molecule has 0 fully saturated rings. The number of carbonyl (C=O) groups is 1. The third kappa shape index (κ3) is 4.12. The Bertz CT molecular complexity index is 1740. The molecule has 3 aromatic heterocycles. The maximum absolute atomic E-state index is 14.7. The van der Waals surface area contributed by atoms with E-state index < -0.39 is 11.4 Å². The molecule has 0 atom stereocenters. The molecule has 0 aliphatic heterocycles. The molecule has 37 heavy (non-hydrogen) atoms. The van der Waals surface area contributed by atoms with Crippen LogP contribution in [0.2, 0.25) is 0 Å². The Morgan fingerprint density at radius 2 is 1.89 bits per heavy atom. The zero-order valence-electron chi connectivity index (χ0n) is 21.1. The number of nitrogens with one attached hydrogen (secondary N) is 1. The predicted octanol–water partition coefficient (Wildman–Crippen LogP) is 3.15. The topological polar surface area (TPSA) is 97.0 Å². The van der Waals surface area contributed by atoms with Gasteiger partial charge in [-0.15, -0.1) is 0 Å². The van der Waals surface area contributed by atoms with Gasteiger partial charge in [0.15, 0.2) is 5.65 Å². The number of nitrogens with zero attached hydrogens (tertiary/aromatic N) is 6. The first-order valence-electron chi connectivity index (χ1n) is 11.5. The average Bonchev–Trinajstić information content (AvgIpc) is 3.23. The Kier molecular flexibility index (Phi) is 6.00. The Morgan fingerprint density at radius 1 is 1.11 bits per heavy atom. The molecule has 0 radical (unpaired) electrons. The minimum atomic E-state index is -0.663. The van der Waals surface area contributed by atoms with E-state index in [4.69, 9.17) is 4.74 Å². The van der Waals surface area contributed by atoms with Crippen LogP contribution in [0.4, 0.5) is 21.7 Å². The summed E-state index contributed by atoms with van der Waals surface area (Å²) in [5.74, 6) is -0.168. The van der Waals surface area contributed by atoms with Crippen molar-refractivity contribution in [3.63, 3.8) is 0 Å². The van der Waals surface area contributed by atoms with Crippen LogP contribution in [-0.4, -0.2) is 64.5 Å². The first-order valence-corrected chi connectivity index (χ1v) is 11.5. The van der Waals surface area contributed by atoms with Crippen LogP contribution in [0.5, 0.6) is 5.75 Å². The Morgan fingerprint density at radius 3 is 2.62 bits per heavy atom. The number of anilines is 3. The fourth-order valence-electron chi connectivity index (χ4n) is 4.28. The minimum absolute atomic E-state index is 0.0997. The molecule has 0 spiro atoms. The normalized spacial score (nSPS) is 11.5. The van der Waals surface area contributed by atoms with Crippen molar-refractivity contribution in [3.8, 4) is 5.75 Å². The summed E-state index contributed by atoms with van der Waals surface area (Å²) < 4.78 is 23.3. The Labute approximate surface area is 211 Å². The van der Waals surface area contributed by atoms with Gasteiger partial charge in [0, 0.05) is 26.0 Å². The average molecular weight is 504 g/mol. The van der Waals surface area contributed by atoms with Crippen molar-refractivity contribution in [3.05, 3.63) is 64.8 Å². The van der Waals surface area contributed by atoms with Crippen molar-refractivity contribution in [2.45, 2.75) is 0 Å². The van der Waals surface area contributed by atoms with E-state index in [0.717, 1.165) is 0 Å². The van der Waals surface area contributed by atoms with Crippen LogP contribution in [0.15, 0.2) is 53.5 Å². The van der Waals surface area contributed by atoms with Gasteiger partial charge in [0.1, 0.15) is 22.6 Å². The molecule has 1 amide bonds. The number of amides is 1. The number of carbonyl (C=O) groups excluding carboxylic acids is 1. The predicted molar refractivity (Wildman–Crippen MR) is 141 cm³/mol. The van der Waals surface area contributed by atoms with Crippen LogP contribution in [0.3, 0.4) is 0 Å². The van der Waals surface area contributed by atoms with Crippen molar-refractivity contribution in [2.75, 3.05) is 45.0 Å². The number of aryl methyl sites for hydroxylation is 1. The number of hydrogen-bond acceptors (Lipinski definition) is 7. The van der Waals surface area contributed by atoms with Crippen LogP contribution in [0.25, 0.3) is 27.6 Å². The third-order valence-corrected chi connectivity index (χ3v) is 6.19. The molecule has 5 aromatic rings. The van der Waals surface area contributed by atoms with E-state index in [1.165, 1.54) is 28.5 Å². The van der Waals surface area contributed by atoms with E-state index in [9.17, 15) is 14.0 Å². The highest BCUT2D eigenvalue weighted by Crippen LogP contribution is 2.32. The van der Waals surface area contributed by atoms with E-state index >= 15 is 0 Å². The molecule has 0 aliphatic carbocycles. The van der Waals surface area contributed by atoms with Gasteiger partial charge < -0.3 is 24.4 Å². The van der Waals surface area contributed by atoms with Crippen LogP contribution in [0, 0.1) is 5.82 Å². The minimum Gasteiger partial charge on any atom is -0.495 e. The summed E-state index contributed by atoms with van der Waals surface area (Å²) in [6.07, 6.45) is 1.82. The largest absolute Gasteiger partial charge is 0.495 e. The maximum Gasteiger partial charge on any atom is 0.271 e. The molecule has 190 valence electrons. The van der Waals surface area contributed by atoms with Crippen molar-refractivity contribution in [2.24, 2.45) is 7.05 Å². The molecule has 11 heteroatoms. The maximum atomic E-state index is 14.7. The SMILES string of the molecule is COc1ccc(N(C)C(=O)CN(C)C)cc1Nc1nc2c(ccn2C)c2nc3cccc(F)c3c(=O)n12. The van der Waals surface area contributed by atoms with E-state index in [1.807, 2.05) is 38.0 Å². The standard InChI is InChI=1S/C26H26FN7O3/c1-31(2)14-21(35)33(4)15-9-10-20(37-5)19(13-15)29-26-30-23-16(11-12-32(23)3)24-28-18-8-6-7-17(27)22(18)25(36)34(24)26/h6-13H,14H2,1-5H3,(H,29,30). The number of hydrogen-bond donors (Lipinski definition) is 1. The van der Waals surface area contributed by atoms with Gasteiger partial charge >= 0.3 is 0 Å². The molecule has 0 bridgehead atoms. The van der Waals surface area contributed by atoms with Crippen molar-refractivity contribution in [1.82, 2.24) is 23.8 Å². The Balaban J connectivity index is 1.73. The van der Waals surface area contributed by atoms with Crippen LogP contribution in [-0.2, 0) is 11.8 Å². The van der Waals surface area contributed by atoms with Gasteiger partial charge in [-0.1, -0.05) is 6.07 Å². The highest BCUT2D eigenvalue weighted by molar-refractivity contribution is 5.96. The fraction of sp³-hybridized carbons (Fsp3) is 0.231. The number of halogens is 1. The Hall–Kier alpha value is -4.51. The molecule has 1 N–H and O–H groups in total. The summed E-state index contributed by atoms with van der Waals surface area (Å²) in [5, 5.41) is 3.69. The molecule has 0 unspecified atom stereocenters. The summed E-state index contributed by atoms with van der Waals surface area (Å²) in [5.41, 5.74) is 1.66. The number of ether oxygens (including phenoxy) is 1. The van der Waals surface area contributed by atoms with Gasteiger partial charge in [-0.05, 0) is 50.5 Å². The zero-order valence-corrected chi connectivity index (χ0v) is 21.1. The summed E-state index contributed by atoms with van der Waals surface area (Å²) in [7, 11) is 8.68. The van der Waals surface area contributed by atoms with Crippen LogP contribution < -0.4 is 20.5 Å². The lowest BCUT2D eigenvalue weighted by Gasteiger charge is -2.21. The fourth-order valence-corrected chi connectivity index (χ4v) is 4.28. The smallest absolute Gasteiger partial charge is 0.271 e. The number of aromatic nitrogens is 4. The van der Waals surface area contributed by atoms with Crippen molar-refractivity contribution >= 4 is 50.8 Å². The molecule has 0 saturated carbocycles. The summed E-state index contributed by atoms with van der Waals surface area (Å²) >= 11 is 0. The molecular formula is C26H26FN7O3. The third-order valence-electron chi connectivity index (χ3n) is 6.19. The van der Waals surface area contributed by atoms with Gasteiger partial charge in [-0.3, -0.25) is 9.59 Å². The quantitative estimate of drug-likeness (QED) is 0.356. The highest BCUT2D eigenvalue weighted by atomic mass is 19.1. The second-order valence-corrected chi connectivity index (χ2v) is 9.01. The molecule has 10 nitrogen and oxygen atoms in total. The summed E-state index contributed by atoms with van der Waals surface area (Å²) in [6.45, 7) is 0.237. The first-order chi connectivity index (χ1) is 17.7. The van der Waals surface area contributed by atoms with Gasteiger partial charge in [0.25, 0.3) is 5.56 Å². The zero-order chi connectivity index (χ0) is 26.4. The van der Waals surface area contributed by atoms with E-state index in [2.05, 4.69) is 15.3 Å². The van der Waals surface area contributed by atoms with Gasteiger partial charge in [0.05, 0.1) is 30.2 Å². The highest BCUT2D eigenvalue weighted by Gasteiger charge is 2.20. The second-order valence-electron chi connectivity index (χ2n) is 9.01. The van der Waals surface area contributed by atoms with E-state index in [1.54, 1.807) is 36.2 Å². The lowest BCUT2D eigenvalue weighted by molar-refractivity contribution is -0.118. The number of likely N-dealkylation sites (N-methyl/N-ethyl adjacent to an activating group) is 2. The lowest BCUT2D eigenvalue weighted by atomic mass is 10.2. The second kappa shape index (κ2) is 9.17. The van der Waals surface area contributed by atoms with Crippen LogP contribution in [0.1, 0.15) is 0 Å². The van der Waals surface area contributed by atoms with Gasteiger partial charge in [0.2, 0.25) is 11.9 Å². The molecule has 2 aromatic carbocycles. The van der Waals surface area contributed by atoms with E-state index in [-0.39, 0.29) is 29.3 Å². The molecule has 0 aliphatic rings. The monoisotopic (exact) mass is 503 g/mol. The molecular weight excluding hydrogens is 477 g/mol.